The normalized spacial score (nSPS) is 27.9. The molecule has 5 rings (SSSR count). The fourth-order valence-electron chi connectivity index (χ4n) is 5.07. The maximum Gasteiger partial charge on any atom is 0.422 e. The van der Waals surface area contributed by atoms with Crippen molar-refractivity contribution in [1.82, 2.24) is 14.9 Å². The van der Waals surface area contributed by atoms with Gasteiger partial charge in [-0.25, -0.2) is 18.7 Å². The van der Waals surface area contributed by atoms with Crippen molar-refractivity contribution in [1.29, 1.82) is 0 Å². The monoisotopic (exact) mass is 570 g/mol. The van der Waals surface area contributed by atoms with Crippen LogP contribution < -0.4 is 15.8 Å². The second-order valence-electron chi connectivity index (χ2n) is 9.78. The number of nitrogens with two attached hydrogens (primary N) is 1. The first kappa shape index (κ1) is 27.1. The van der Waals surface area contributed by atoms with Gasteiger partial charge < -0.3 is 20.7 Å². The maximum absolute atomic E-state index is 15.2. The Labute approximate surface area is 223 Å². The number of ether oxygens (including phenoxy) is 1. The fourth-order valence-corrected chi connectivity index (χ4v) is 6.52. The number of amidine groups is 1. The summed E-state index contributed by atoms with van der Waals surface area (Å²) in [7, 11) is 0. The van der Waals surface area contributed by atoms with Crippen LogP contribution in [0.2, 0.25) is 0 Å². The number of thioether (sulfide) groups is 1. The number of aliphatic imine (C=N–C) groups is 1. The minimum atomic E-state index is -4.56. The third kappa shape index (κ3) is 5.23. The van der Waals surface area contributed by atoms with Crippen LogP contribution in [-0.4, -0.2) is 68.6 Å². The molecular weight excluding hydrogens is 547 g/mol. The molecule has 208 valence electrons. The summed E-state index contributed by atoms with van der Waals surface area (Å²) in [5.41, 5.74) is 4.94. The molecule has 0 spiro atoms. The Bertz CT molecular complexity index is 1340. The molecule has 1 saturated carbocycles. The van der Waals surface area contributed by atoms with E-state index >= 15 is 4.39 Å². The highest BCUT2D eigenvalue weighted by atomic mass is 32.2. The molecular formula is C24H23F5N6O3S. The number of halogens is 5. The summed E-state index contributed by atoms with van der Waals surface area (Å²) >= 11 is 1.11. The van der Waals surface area contributed by atoms with Gasteiger partial charge in [-0.3, -0.25) is 14.6 Å². The Hall–Kier alpha value is -3.49. The maximum atomic E-state index is 15.2. The number of rotatable bonds is 6. The van der Waals surface area contributed by atoms with Gasteiger partial charge in [-0.05, 0) is 38.0 Å². The van der Waals surface area contributed by atoms with Gasteiger partial charge in [0.1, 0.15) is 22.4 Å². The van der Waals surface area contributed by atoms with E-state index in [0.29, 0.717) is 13.0 Å². The van der Waals surface area contributed by atoms with Crippen molar-refractivity contribution in [2.75, 3.05) is 25.0 Å². The zero-order chi connectivity index (χ0) is 28.2. The number of nitrogens with one attached hydrogen (secondary N) is 1. The molecule has 3 heterocycles. The molecule has 3 N–H and O–H groups in total. The summed E-state index contributed by atoms with van der Waals surface area (Å²) in [6, 6.07) is 3.84. The van der Waals surface area contributed by atoms with Gasteiger partial charge in [0, 0.05) is 23.7 Å². The predicted molar refractivity (Wildman–Crippen MR) is 131 cm³/mol. The lowest BCUT2D eigenvalue weighted by Gasteiger charge is -2.35. The van der Waals surface area contributed by atoms with Crippen LogP contribution in [0.4, 0.5) is 27.6 Å². The summed E-state index contributed by atoms with van der Waals surface area (Å²) < 4.78 is 69.3. The van der Waals surface area contributed by atoms with Gasteiger partial charge in [0.2, 0.25) is 11.8 Å². The average molecular weight is 571 g/mol. The van der Waals surface area contributed by atoms with Crippen LogP contribution in [-0.2, 0) is 10.3 Å². The molecule has 1 aliphatic carbocycles. The van der Waals surface area contributed by atoms with Crippen molar-refractivity contribution >= 4 is 34.4 Å². The smallest absolute Gasteiger partial charge is 0.422 e. The van der Waals surface area contributed by atoms with Crippen molar-refractivity contribution in [3.63, 3.8) is 0 Å². The molecule has 15 heteroatoms. The largest absolute Gasteiger partial charge is 0.467 e. The molecule has 1 aromatic carbocycles. The van der Waals surface area contributed by atoms with Crippen LogP contribution in [0, 0.1) is 11.7 Å². The third-order valence-corrected chi connectivity index (χ3v) is 8.30. The van der Waals surface area contributed by atoms with Crippen LogP contribution in [0.3, 0.4) is 0 Å². The summed E-state index contributed by atoms with van der Waals surface area (Å²) in [4.78, 5) is 39.4. The number of amides is 2. The van der Waals surface area contributed by atoms with Crippen LogP contribution in [0.25, 0.3) is 0 Å². The van der Waals surface area contributed by atoms with E-state index in [-0.39, 0.29) is 41.0 Å². The van der Waals surface area contributed by atoms with E-state index in [2.05, 4.69) is 25.0 Å². The van der Waals surface area contributed by atoms with Crippen molar-refractivity contribution in [3.8, 4) is 5.88 Å². The lowest BCUT2D eigenvalue weighted by molar-refractivity contribution is -0.154. The zero-order valence-electron chi connectivity index (χ0n) is 20.5. The Morgan fingerprint density at radius 2 is 2.05 bits per heavy atom. The Balaban J connectivity index is 1.34. The molecule has 0 bridgehead atoms. The van der Waals surface area contributed by atoms with Gasteiger partial charge in [0.15, 0.2) is 11.8 Å². The topological polar surface area (TPSA) is 123 Å². The summed E-state index contributed by atoms with van der Waals surface area (Å²) in [5.74, 6) is -2.44. The number of hydrogen-bond donors (Lipinski definition) is 2. The van der Waals surface area contributed by atoms with Crippen LogP contribution in [0.1, 0.15) is 35.8 Å². The van der Waals surface area contributed by atoms with E-state index in [4.69, 9.17) is 5.73 Å². The molecule has 0 radical (unpaired) electrons. The van der Waals surface area contributed by atoms with Crippen LogP contribution in [0.15, 0.2) is 35.6 Å². The highest BCUT2D eigenvalue weighted by Gasteiger charge is 2.71. The van der Waals surface area contributed by atoms with E-state index in [1.165, 1.54) is 17.0 Å². The van der Waals surface area contributed by atoms with Gasteiger partial charge >= 0.3 is 6.18 Å². The highest BCUT2D eigenvalue weighted by Crippen LogP contribution is 2.66. The second-order valence-corrected chi connectivity index (χ2v) is 11.1. The van der Waals surface area contributed by atoms with Gasteiger partial charge in [-0.15, -0.1) is 0 Å². The van der Waals surface area contributed by atoms with E-state index < -0.39 is 52.8 Å². The zero-order valence-corrected chi connectivity index (χ0v) is 21.3. The molecule has 1 aromatic heterocycles. The molecule has 0 unspecified atom stereocenters. The van der Waals surface area contributed by atoms with Gasteiger partial charge in [-0.1, -0.05) is 11.8 Å². The predicted octanol–water partition coefficient (Wildman–Crippen LogP) is 3.41. The van der Waals surface area contributed by atoms with Gasteiger partial charge in [0.25, 0.3) is 5.91 Å². The lowest BCUT2D eigenvalue weighted by Crippen LogP contribution is -2.45. The number of benzene rings is 1. The summed E-state index contributed by atoms with van der Waals surface area (Å²) in [6.07, 6.45) is -3.18. The number of carbonyl (C=O) groups is 2. The van der Waals surface area contributed by atoms with Gasteiger partial charge in [-0.2, -0.15) is 13.2 Å². The molecule has 39 heavy (non-hydrogen) atoms. The van der Waals surface area contributed by atoms with Crippen LogP contribution in [0.5, 0.6) is 5.88 Å². The second kappa shape index (κ2) is 9.61. The number of hydrogen-bond acceptors (Lipinski definition) is 8. The molecule has 2 aromatic rings. The van der Waals surface area contributed by atoms with Gasteiger partial charge in [0.05, 0.1) is 24.5 Å². The summed E-state index contributed by atoms with van der Waals surface area (Å²) in [6.45, 7) is 0.418. The number of carbonyl (C=O) groups excluding carboxylic acids is 2. The van der Waals surface area contributed by atoms with E-state index in [1.807, 2.05) is 0 Å². The Morgan fingerprint density at radius 3 is 2.69 bits per heavy atom. The molecule has 1 saturated heterocycles. The highest BCUT2D eigenvalue weighted by molar-refractivity contribution is 8.15. The molecule has 4 atom stereocenters. The molecule has 9 nitrogen and oxygen atoms in total. The quantitative estimate of drug-likeness (QED) is 0.511. The van der Waals surface area contributed by atoms with Crippen molar-refractivity contribution < 1.29 is 36.3 Å². The van der Waals surface area contributed by atoms with Crippen molar-refractivity contribution in [3.05, 3.63) is 47.7 Å². The van der Waals surface area contributed by atoms with Crippen LogP contribution >= 0.6 is 11.8 Å². The van der Waals surface area contributed by atoms with E-state index in [1.54, 1.807) is 6.92 Å². The third-order valence-electron chi connectivity index (χ3n) is 7.01. The first-order valence-electron chi connectivity index (χ1n) is 11.9. The molecule has 2 fully saturated rings. The number of aromatic nitrogens is 2. The van der Waals surface area contributed by atoms with E-state index in [0.717, 1.165) is 30.2 Å². The number of anilines is 1. The van der Waals surface area contributed by atoms with Crippen molar-refractivity contribution in [2.45, 2.75) is 42.4 Å². The summed E-state index contributed by atoms with van der Waals surface area (Å²) in [5, 5.41) is 2.65. The SMILES string of the molecule is C[C@]1(c2cc(NC(=O)c3cnc(OCC(F)(F)F)cn3)ccc2F)N=C(N)S[C@@]2(C(=O)N3CC[C@@H](F)C3)C[C@H]21. The first-order valence-corrected chi connectivity index (χ1v) is 12.7. The number of likely N-dealkylation sites (tertiary alicyclic amines) is 1. The lowest BCUT2D eigenvalue weighted by atomic mass is 9.85. The molecule has 3 aliphatic rings. The fraction of sp³-hybridized carbons (Fsp3) is 0.458. The first-order chi connectivity index (χ1) is 18.3. The molecule has 2 amide bonds. The number of nitrogens with zero attached hydrogens (tertiary/aromatic N) is 4. The van der Waals surface area contributed by atoms with Crippen molar-refractivity contribution in [2.24, 2.45) is 16.6 Å². The number of alkyl halides is 4. The minimum Gasteiger partial charge on any atom is -0.467 e. The molecule has 2 aliphatic heterocycles. The average Bonchev–Trinajstić information content (AvgIpc) is 3.48. The standard InChI is InChI=1S/C24H23F5N6O3S/c1-22(17-7-23(17,39-21(30)34-22)20(37)35-5-4-12(25)10-35)14-6-13(2-3-15(14)26)33-19(36)16-8-32-18(9-31-16)38-11-24(27,28)29/h2-3,6,8-9,12,17H,4-5,7,10-11H2,1H3,(H2,30,34)(H,33,36)/t12-,17+,22-,23+/m1/s1. The van der Waals surface area contributed by atoms with E-state index in [9.17, 15) is 27.2 Å². The Morgan fingerprint density at radius 1 is 1.28 bits per heavy atom. The Kier molecular flexibility index (Phi) is 6.67. The minimum absolute atomic E-state index is 0.00975. The number of fused-ring (bicyclic) bond motifs is 1.